The largest absolute Gasteiger partial charge is 0.345 e. The Morgan fingerprint density at radius 1 is 1.57 bits per heavy atom. The molecule has 0 aliphatic heterocycles. The van der Waals surface area contributed by atoms with Gasteiger partial charge in [-0.2, -0.15) is 8.78 Å². The van der Waals surface area contributed by atoms with Gasteiger partial charge in [0.15, 0.2) is 0 Å². The summed E-state index contributed by atoms with van der Waals surface area (Å²) in [5, 5.41) is 0. The molecule has 0 fully saturated rings. The van der Waals surface area contributed by atoms with Crippen LogP contribution in [0.4, 0.5) is 13.2 Å². The summed E-state index contributed by atoms with van der Waals surface area (Å²) in [6, 6.07) is 0. The molecule has 0 aromatic carbocycles. The first-order valence-corrected chi connectivity index (χ1v) is 2.52. The molecule has 0 bridgehead atoms. The molecule has 0 heterocycles. The van der Waals surface area contributed by atoms with E-state index < -0.39 is 10.5 Å². The van der Waals surface area contributed by atoms with Crippen LogP contribution in [0, 0.1) is 0 Å². The quantitative estimate of drug-likeness (QED) is 0.567. The molecule has 7 heavy (non-hydrogen) atoms. The van der Waals surface area contributed by atoms with Gasteiger partial charge < -0.3 is 0 Å². The SMILES string of the molecule is F[C@@H](Cl)C(F)(F)Br. The minimum Gasteiger partial charge on any atom is -0.222 e. The fourth-order valence-corrected chi connectivity index (χ4v) is 0. The maximum Gasteiger partial charge on any atom is 0.345 e. The lowest BCUT2D eigenvalue weighted by Gasteiger charge is -2.04. The number of hydrogen-bond donors (Lipinski definition) is 0. The summed E-state index contributed by atoms with van der Waals surface area (Å²) in [6.07, 6.45) is 0. The molecule has 44 valence electrons. The highest BCUT2D eigenvalue weighted by atomic mass is 79.9. The first-order chi connectivity index (χ1) is 2.94. The summed E-state index contributed by atoms with van der Waals surface area (Å²) in [4.78, 5) is -3.59. The smallest absolute Gasteiger partial charge is 0.222 e. The second-order valence-corrected chi connectivity index (χ2v) is 2.28. The van der Waals surface area contributed by atoms with Gasteiger partial charge in [0.25, 0.3) is 0 Å². The van der Waals surface area contributed by atoms with E-state index in [1.807, 2.05) is 0 Å². The average molecular weight is 197 g/mol. The van der Waals surface area contributed by atoms with Crippen LogP contribution in [0.2, 0.25) is 0 Å². The summed E-state index contributed by atoms with van der Waals surface area (Å²) in [5.74, 6) is 0. The van der Waals surface area contributed by atoms with Gasteiger partial charge in [-0.3, -0.25) is 0 Å². The monoisotopic (exact) mass is 196 g/mol. The van der Waals surface area contributed by atoms with Gasteiger partial charge >= 0.3 is 4.83 Å². The fourth-order valence-electron chi connectivity index (χ4n) is 0. The van der Waals surface area contributed by atoms with Crippen LogP contribution in [0.15, 0.2) is 0 Å². The minimum atomic E-state index is -3.59. The van der Waals surface area contributed by atoms with Crippen molar-refractivity contribution in [3.8, 4) is 0 Å². The van der Waals surface area contributed by atoms with Gasteiger partial charge in [-0.15, -0.1) is 0 Å². The highest BCUT2D eigenvalue weighted by molar-refractivity contribution is 9.10. The summed E-state index contributed by atoms with van der Waals surface area (Å²) in [7, 11) is 0. The zero-order valence-electron chi connectivity index (χ0n) is 2.97. The van der Waals surface area contributed by atoms with Crippen LogP contribution < -0.4 is 0 Å². The second-order valence-electron chi connectivity index (χ2n) is 0.842. The Hall–Kier alpha value is 0.560. The molecule has 0 aliphatic rings. The zero-order chi connectivity index (χ0) is 6.08. The third-order valence-electron chi connectivity index (χ3n) is 0.247. The molecular formula is C2HBrClF3. The van der Waals surface area contributed by atoms with Crippen molar-refractivity contribution in [2.24, 2.45) is 0 Å². The van der Waals surface area contributed by atoms with E-state index in [-0.39, 0.29) is 0 Å². The van der Waals surface area contributed by atoms with E-state index in [0.717, 1.165) is 0 Å². The average Bonchev–Trinajstić information content (AvgIpc) is 1.31. The van der Waals surface area contributed by atoms with E-state index in [1.165, 1.54) is 0 Å². The zero-order valence-corrected chi connectivity index (χ0v) is 5.31. The first-order valence-electron chi connectivity index (χ1n) is 1.29. The standard InChI is InChI=1S/C2HBrClF3/c3-2(6,7)1(4)5/h1H/t1-/m1/s1. The maximum atomic E-state index is 11.3. The highest BCUT2D eigenvalue weighted by Crippen LogP contribution is 2.30. The van der Waals surface area contributed by atoms with Gasteiger partial charge in [0.05, 0.1) is 0 Å². The van der Waals surface area contributed by atoms with E-state index in [4.69, 9.17) is 0 Å². The number of halogens is 5. The molecule has 0 radical (unpaired) electrons. The van der Waals surface area contributed by atoms with Gasteiger partial charge in [0, 0.05) is 0 Å². The van der Waals surface area contributed by atoms with Crippen LogP contribution in [0.3, 0.4) is 0 Å². The van der Waals surface area contributed by atoms with Crippen molar-refractivity contribution >= 4 is 27.5 Å². The molecule has 0 N–H and O–H groups in total. The van der Waals surface area contributed by atoms with Crippen LogP contribution in [-0.4, -0.2) is 10.5 Å². The number of hydrogen-bond acceptors (Lipinski definition) is 0. The third kappa shape index (κ3) is 3.17. The molecule has 0 rings (SSSR count). The van der Waals surface area contributed by atoms with E-state index >= 15 is 0 Å². The molecule has 5 heteroatoms. The molecule has 0 amide bonds. The van der Waals surface area contributed by atoms with Crippen molar-refractivity contribution in [1.82, 2.24) is 0 Å². The molecule has 0 saturated heterocycles. The number of rotatable bonds is 1. The molecule has 0 spiro atoms. The minimum absolute atomic E-state index is 1.70. The van der Waals surface area contributed by atoms with E-state index in [2.05, 4.69) is 11.6 Å². The summed E-state index contributed by atoms with van der Waals surface area (Å²) >= 11 is 5.99. The molecule has 1 atom stereocenters. The predicted octanol–water partition coefficient (Wildman–Crippen LogP) is 2.51. The van der Waals surface area contributed by atoms with E-state index in [1.54, 1.807) is 15.9 Å². The van der Waals surface area contributed by atoms with Crippen LogP contribution in [0.5, 0.6) is 0 Å². The van der Waals surface area contributed by atoms with Crippen molar-refractivity contribution in [3.63, 3.8) is 0 Å². The van der Waals surface area contributed by atoms with Crippen LogP contribution >= 0.6 is 27.5 Å². The summed E-state index contributed by atoms with van der Waals surface area (Å²) in [6.45, 7) is 0. The van der Waals surface area contributed by atoms with Gasteiger partial charge in [-0.25, -0.2) is 4.39 Å². The molecule has 0 saturated carbocycles. The predicted molar refractivity (Wildman–Crippen MR) is 24.6 cm³/mol. The summed E-state index contributed by atoms with van der Waals surface area (Å²) < 4.78 is 33.7. The van der Waals surface area contributed by atoms with Crippen LogP contribution in [0.25, 0.3) is 0 Å². The second kappa shape index (κ2) is 2.22. The Morgan fingerprint density at radius 3 is 1.71 bits per heavy atom. The van der Waals surface area contributed by atoms with Gasteiger partial charge in [0.2, 0.25) is 5.63 Å². The normalized spacial score (nSPS) is 16.7. The molecular weight excluding hydrogens is 196 g/mol. The Bertz CT molecular complexity index is 58.4. The Kier molecular flexibility index (Phi) is 2.40. The van der Waals surface area contributed by atoms with Crippen molar-refractivity contribution < 1.29 is 13.2 Å². The van der Waals surface area contributed by atoms with Crippen molar-refractivity contribution in [1.29, 1.82) is 0 Å². The number of alkyl halides is 5. The maximum absolute atomic E-state index is 11.3. The van der Waals surface area contributed by atoms with Gasteiger partial charge in [-0.05, 0) is 15.9 Å². The van der Waals surface area contributed by atoms with Crippen molar-refractivity contribution in [3.05, 3.63) is 0 Å². The van der Waals surface area contributed by atoms with Gasteiger partial charge in [0.1, 0.15) is 0 Å². The third-order valence-corrected chi connectivity index (χ3v) is 1.19. The van der Waals surface area contributed by atoms with E-state index in [0.29, 0.717) is 0 Å². The lowest BCUT2D eigenvalue weighted by Crippen LogP contribution is -2.15. The Balaban J connectivity index is 3.54. The molecule has 0 aromatic rings. The molecule has 0 aliphatic carbocycles. The first kappa shape index (κ1) is 7.56. The van der Waals surface area contributed by atoms with Crippen LogP contribution in [-0.2, 0) is 0 Å². The Labute approximate surface area is 51.8 Å². The molecule has 0 unspecified atom stereocenters. The highest BCUT2D eigenvalue weighted by Gasteiger charge is 2.34. The molecule has 0 nitrogen and oxygen atoms in total. The van der Waals surface area contributed by atoms with Gasteiger partial charge in [-0.1, -0.05) is 11.6 Å². The van der Waals surface area contributed by atoms with Crippen molar-refractivity contribution in [2.45, 2.75) is 10.5 Å². The Morgan fingerprint density at radius 2 is 1.71 bits per heavy atom. The topological polar surface area (TPSA) is 0 Å². The summed E-state index contributed by atoms with van der Waals surface area (Å²) in [5.41, 5.74) is -2.65. The van der Waals surface area contributed by atoms with Crippen LogP contribution in [0.1, 0.15) is 0 Å². The lowest BCUT2D eigenvalue weighted by atomic mass is 10.8. The lowest BCUT2D eigenvalue weighted by molar-refractivity contribution is 0.0616. The van der Waals surface area contributed by atoms with E-state index in [9.17, 15) is 13.2 Å². The van der Waals surface area contributed by atoms with Crippen molar-refractivity contribution in [2.75, 3.05) is 0 Å². The molecule has 0 aromatic heterocycles. The fraction of sp³-hybridized carbons (Fsp3) is 1.00.